The van der Waals surface area contributed by atoms with Gasteiger partial charge in [0.15, 0.2) is 17.7 Å². The highest BCUT2D eigenvalue weighted by Gasteiger charge is 2.42. The molecule has 1 aliphatic carbocycles. The molecule has 0 aromatic rings. The molecule has 4 N–H and O–H groups in total. The van der Waals surface area contributed by atoms with Crippen LogP contribution in [0.4, 0.5) is 0 Å². The number of carbonyl (C=O) groups excluding carboxylic acids is 4. The average molecular weight is 298 g/mol. The van der Waals surface area contributed by atoms with E-state index in [-0.39, 0.29) is 18.8 Å². The molecular formula is C14H22N2O5. The number of carbonyl (C=O) groups is 4. The van der Waals surface area contributed by atoms with E-state index in [4.69, 9.17) is 16.2 Å². The van der Waals surface area contributed by atoms with Crippen LogP contribution in [0.25, 0.3) is 0 Å². The minimum atomic E-state index is -0.905. The predicted octanol–water partition coefficient (Wildman–Crippen LogP) is -0.305. The topological polar surface area (TPSA) is 130 Å². The summed E-state index contributed by atoms with van der Waals surface area (Å²) in [7, 11) is 0. The first-order chi connectivity index (χ1) is 9.73. The van der Waals surface area contributed by atoms with Gasteiger partial charge in [0, 0.05) is 19.3 Å². The van der Waals surface area contributed by atoms with E-state index in [1.807, 2.05) is 0 Å². The van der Waals surface area contributed by atoms with E-state index in [0.29, 0.717) is 12.8 Å². The third-order valence-corrected chi connectivity index (χ3v) is 3.75. The molecule has 0 aromatic carbocycles. The van der Waals surface area contributed by atoms with Crippen LogP contribution in [-0.2, 0) is 23.9 Å². The molecule has 0 saturated heterocycles. The zero-order valence-corrected chi connectivity index (χ0v) is 12.3. The number of hydrogen-bond acceptors (Lipinski definition) is 6. The summed E-state index contributed by atoms with van der Waals surface area (Å²) in [5.41, 5.74) is 10.7. The Balaban J connectivity index is 2.73. The van der Waals surface area contributed by atoms with Crippen LogP contribution in [0.1, 0.15) is 39.5 Å². The van der Waals surface area contributed by atoms with Gasteiger partial charge in [-0.15, -0.1) is 0 Å². The highest BCUT2D eigenvalue weighted by atomic mass is 16.5. The molecule has 0 aliphatic heterocycles. The van der Waals surface area contributed by atoms with Crippen molar-refractivity contribution < 1.29 is 23.9 Å². The second kappa shape index (κ2) is 7.31. The summed E-state index contributed by atoms with van der Waals surface area (Å²) >= 11 is 0. The first-order valence-electron chi connectivity index (χ1n) is 7.02. The molecule has 0 aromatic heterocycles. The van der Waals surface area contributed by atoms with Gasteiger partial charge < -0.3 is 16.2 Å². The Morgan fingerprint density at radius 3 is 2.48 bits per heavy atom. The molecule has 1 saturated carbocycles. The van der Waals surface area contributed by atoms with E-state index in [2.05, 4.69) is 0 Å². The molecule has 1 aliphatic rings. The smallest absolute Gasteiger partial charge is 0.303 e. The highest BCUT2D eigenvalue weighted by molar-refractivity contribution is 6.07. The van der Waals surface area contributed by atoms with Crippen LogP contribution >= 0.6 is 0 Å². The molecule has 0 spiro atoms. The number of hydrogen-bond donors (Lipinski definition) is 2. The van der Waals surface area contributed by atoms with Crippen LogP contribution in [0.5, 0.6) is 0 Å². The van der Waals surface area contributed by atoms with Crippen molar-refractivity contribution in [1.82, 2.24) is 0 Å². The van der Waals surface area contributed by atoms with Crippen molar-refractivity contribution in [3.8, 4) is 0 Å². The van der Waals surface area contributed by atoms with Gasteiger partial charge in [-0.3, -0.25) is 19.2 Å². The van der Waals surface area contributed by atoms with Gasteiger partial charge in [0.2, 0.25) is 5.91 Å². The van der Waals surface area contributed by atoms with E-state index in [9.17, 15) is 19.2 Å². The lowest BCUT2D eigenvalue weighted by Crippen LogP contribution is -2.48. The van der Waals surface area contributed by atoms with Crippen molar-refractivity contribution in [2.45, 2.75) is 51.7 Å². The quantitative estimate of drug-likeness (QED) is 0.511. The van der Waals surface area contributed by atoms with Gasteiger partial charge in [-0.2, -0.15) is 0 Å². The molecule has 1 fully saturated rings. The molecule has 4 atom stereocenters. The second-order valence-electron chi connectivity index (χ2n) is 5.55. The minimum Gasteiger partial charge on any atom is -0.454 e. The van der Waals surface area contributed by atoms with Crippen molar-refractivity contribution in [1.29, 1.82) is 0 Å². The molecule has 0 heterocycles. The van der Waals surface area contributed by atoms with Crippen molar-refractivity contribution in [3.05, 3.63) is 0 Å². The minimum absolute atomic E-state index is 0.00239. The maximum absolute atomic E-state index is 12.3. The van der Waals surface area contributed by atoms with Crippen LogP contribution in [-0.4, -0.2) is 35.6 Å². The monoisotopic (exact) mass is 298 g/mol. The number of primary amides is 1. The van der Waals surface area contributed by atoms with E-state index >= 15 is 0 Å². The number of amides is 1. The van der Waals surface area contributed by atoms with Gasteiger partial charge >= 0.3 is 5.97 Å². The van der Waals surface area contributed by atoms with E-state index < -0.39 is 41.5 Å². The number of ether oxygens (including phenoxy) is 1. The molecule has 118 valence electrons. The van der Waals surface area contributed by atoms with Crippen LogP contribution in [0.15, 0.2) is 0 Å². The van der Waals surface area contributed by atoms with Crippen LogP contribution in [0.2, 0.25) is 0 Å². The first kappa shape index (κ1) is 17.3. The summed E-state index contributed by atoms with van der Waals surface area (Å²) in [5.74, 6) is -2.89. The maximum Gasteiger partial charge on any atom is 0.303 e. The zero-order valence-electron chi connectivity index (χ0n) is 12.3. The fraction of sp³-hybridized carbons (Fsp3) is 0.714. The lowest BCUT2D eigenvalue weighted by Gasteiger charge is -2.32. The summed E-state index contributed by atoms with van der Waals surface area (Å²) in [6.45, 7) is 3.03. The first-order valence-corrected chi connectivity index (χ1v) is 7.02. The highest BCUT2D eigenvalue weighted by Crippen LogP contribution is 2.29. The lowest BCUT2D eigenvalue weighted by atomic mass is 9.76. The van der Waals surface area contributed by atoms with Crippen LogP contribution < -0.4 is 11.5 Å². The normalized spacial score (nSPS) is 27.0. The summed E-state index contributed by atoms with van der Waals surface area (Å²) in [6.07, 6.45) is 0.209. The Morgan fingerprint density at radius 1 is 1.33 bits per heavy atom. The standard InChI is InChI=1S/C14H22N2O5/c1-7-3-4-9(13(20)14(7)21-8(2)17)12(19)10(15)5-6-11(16)18/h7,9-10,14H,3-6,15H2,1-2H3,(H2,16,18)/t7?,9?,10-,14?/m0/s1. The Kier molecular flexibility index (Phi) is 6.02. The summed E-state index contributed by atoms with van der Waals surface area (Å²) in [6, 6.07) is -0.905. The van der Waals surface area contributed by atoms with Gasteiger partial charge in [0.1, 0.15) is 0 Å². The summed E-state index contributed by atoms with van der Waals surface area (Å²) in [4.78, 5) is 46.3. The Labute approximate surface area is 123 Å². The van der Waals surface area contributed by atoms with Gasteiger partial charge in [0.05, 0.1) is 12.0 Å². The molecule has 0 bridgehead atoms. The number of ketones is 2. The molecule has 7 heteroatoms. The predicted molar refractivity (Wildman–Crippen MR) is 73.9 cm³/mol. The van der Waals surface area contributed by atoms with Gasteiger partial charge in [-0.1, -0.05) is 6.92 Å². The molecule has 7 nitrogen and oxygen atoms in total. The SMILES string of the molecule is CC(=O)OC1C(=O)C(C(=O)[C@@H](N)CCC(N)=O)CCC1C. The molecule has 1 amide bonds. The third-order valence-electron chi connectivity index (χ3n) is 3.75. The van der Waals surface area contributed by atoms with Crippen molar-refractivity contribution in [2.75, 3.05) is 0 Å². The Bertz CT molecular complexity index is 449. The van der Waals surface area contributed by atoms with Crippen LogP contribution in [0, 0.1) is 11.8 Å². The van der Waals surface area contributed by atoms with E-state index in [1.165, 1.54) is 6.92 Å². The van der Waals surface area contributed by atoms with Gasteiger partial charge in [-0.25, -0.2) is 0 Å². The molecule has 1 rings (SSSR count). The largest absolute Gasteiger partial charge is 0.454 e. The Morgan fingerprint density at radius 2 is 1.95 bits per heavy atom. The number of esters is 1. The number of Topliss-reactive ketones (excluding diaryl/α,β-unsaturated/α-hetero) is 2. The molecule has 3 unspecified atom stereocenters. The van der Waals surface area contributed by atoms with E-state index in [1.54, 1.807) is 6.92 Å². The lowest BCUT2D eigenvalue weighted by molar-refractivity contribution is -0.162. The fourth-order valence-electron chi connectivity index (χ4n) is 2.54. The second-order valence-corrected chi connectivity index (χ2v) is 5.55. The number of nitrogens with two attached hydrogens (primary N) is 2. The van der Waals surface area contributed by atoms with E-state index in [0.717, 1.165) is 0 Å². The fourth-order valence-corrected chi connectivity index (χ4v) is 2.54. The summed E-state index contributed by atoms with van der Waals surface area (Å²) < 4.78 is 5.02. The molecule has 0 radical (unpaired) electrons. The third kappa shape index (κ3) is 4.63. The maximum atomic E-state index is 12.3. The zero-order chi connectivity index (χ0) is 16.2. The van der Waals surface area contributed by atoms with Crippen molar-refractivity contribution >= 4 is 23.4 Å². The van der Waals surface area contributed by atoms with Gasteiger partial charge in [-0.05, 0) is 19.3 Å². The van der Waals surface area contributed by atoms with Crippen LogP contribution in [0.3, 0.4) is 0 Å². The number of rotatable bonds is 6. The van der Waals surface area contributed by atoms with Gasteiger partial charge in [0.25, 0.3) is 0 Å². The van der Waals surface area contributed by atoms with Crippen molar-refractivity contribution in [2.24, 2.45) is 23.3 Å². The summed E-state index contributed by atoms with van der Waals surface area (Å²) in [5, 5.41) is 0. The average Bonchev–Trinajstić information content (AvgIpc) is 2.39. The Hall–Kier alpha value is -1.76. The molecule has 21 heavy (non-hydrogen) atoms. The molecular weight excluding hydrogens is 276 g/mol. The van der Waals surface area contributed by atoms with Crippen molar-refractivity contribution in [3.63, 3.8) is 0 Å².